The zero-order valence-corrected chi connectivity index (χ0v) is 18.2. The summed E-state index contributed by atoms with van der Waals surface area (Å²) in [5, 5.41) is 8.45. The van der Waals surface area contributed by atoms with Crippen LogP contribution < -0.4 is 10.6 Å². The number of alkyl halides is 3. The van der Waals surface area contributed by atoms with Crippen LogP contribution in [0.3, 0.4) is 0 Å². The van der Waals surface area contributed by atoms with Gasteiger partial charge in [-0.05, 0) is 36.1 Å². The first-order valence-electron chi connectivity index (χ1n) is 8.98. The highest BCUT2D eigenvalue weighted by Crippen LogP contribution is 2.29. The Morgan fingerprint density at radius 3 is 2.59 bits per heavy atom. The van der Waals surface area contributed by atoms with E-state index in [0.717, 1.165) is 28.6 Å². The second-order valence-corrected chi connectivity index (χ2v) is 6.23. The molecule has 0 atom stereocenters. The van der Waals surface area contributed by atoms with Gasteiger partial charge in [-0.1, -0.05) is 36.4 Å². The van der Waals surface area contributed by atoms with Gasteiger partial charge in [0.15, 0.2) is 5.96 Å². The summed E-state index contributed by atoms with van der Waals surface area (Å²) in [6.45, 7) is 3.16. The summed E-state index contributed by atoms with van der Waals surface area (Å²) < 4.78 is 38.6. The number of rotatable bonds is 5. The molecule has 0 bridgehead atoms. The molecule has 0 unspecified atom stereocenters. The number of guanidine groups is 1. The summed E-state index contributed by atoms with van der Waals surface area (Å²) in [6.07, 6.45) is -2.60. The van der Waals surface area contributed by atoms with E-state index in [9.17, 15) is 13.2 Å². The van der Waals surface area contributed by atoms with Gasteiger partial charge in [0.2, 0.25) is 0 Å². The minimum Gasteiger partial charge on any atom is -0.357 e. The van der Waals surface area contributed by atoms with Crippen molar-refractivity contribution >= 4 is 40.7 Å². The second-order valence-electron chi connectivity index (χ2n) is 6.23. The third-order valence-corrected chi connectivity index (χ3v) is 4.20. The Hall–Kier alpha value is -2.36. The molecule has 0 amide bonds. The van der Waals surface area contributed by atoms with Gasteiger partial charge >= 0.3 is 6.18 Å². The Kier molecular flexibility index (Phi) is 8.24. The lowest BCUT2D eigenvalue weighted by Crippen LogP contribution is -2.37. The Morgan fingerprint density at radius 1 is 1.03 bits per heavy atom. The molecule has 0 aliphatic rings. The third-order valence-electron chi connectivity index (χ3n) is 4.20. The molecule has 0 radical (unpaired) electrons. The maximum absolute atomic E-state index is 12.9. The van der Waals surface area contributed by atoms with E-state index in [4.69, 9.17) is 0 Å². The van der Waals surface area contributed by atoms with Crippen molar-refractivity contribution in [2.75, 3.05) is 6.54 Å². The molecule has 29 heavy (non-hydrogen) atoms. The van der Waals surface area contributed by atoms with E-state index in [0.29, 0.717) is 24.6 Å². The van der Waals surface area contributed by atoms with Crippen LogP contribution in [0.25, 0.3) is 10.8 Å². The molecule has 3 rings (SSSR count). The van der Waals surface area contributed by atoms with Crippen LogP contribution in [-0.4, -0.2) is 17.5 Å². The molecule has 1 aromatic heterocycles. The van der Waals surface area contributed by atoms with Gasteiger partial charge in [0.05, 0.1) is 24.3 Å². The molecule has 0 spiro atoms. The topological polar surface area (TPSA) is 49.3 Å². The number of aliphatic imine (C=N–C) groups is 1. The van der Waals surface area contributed by atoms with E-state index in [1.54, 1.807) is 12.3 Å². The van der Waals surface area contributed by atoms with Crippen molar-refractivity contribution in [3.63, 3.8) is 0 Å². The summed E-state index contributed by atoms with van der Waals surface area (Å²) in [5.41, 5.74) is 0.705. The minimum atomic E-state index is -4.36. The molecule has 4 nitrogen and oxygen atoms in total. The zero-order valence-electron chi connectivity index (χ0n) is 15.8. The van der Waals surface area contributed by atoms with Crippen LogP contribution in [0.5, 0.6) is 0 Å². The maximum Gasteiger partial charge on any atom is 0.416 e. The lowest BCUT2D eigenvalue weighted by molar-refractivity contribution is -0.137. The van der Waals surface area contributed by atoms with Crippen LogP contribution in [0.2, 0.25) is 0 Å². The lowest BCUT2D eigenvalue weighted by atomic mass is 10.1. The molecule has 3 aromatic rings. The first-order valence-corrected chi connectivity index (χ1v) is 8.98. The molecule has 0 aliphatic heterocycles. The van der Waals surface area contributed by atoms with Crippen LogP contribution in [0, 0.1) is 0 Å². The molecular formula is C21H22F3IN4. The molecular weight excluding hydrogens is 492 g/mol. The molecule has 2 aromatic carbocycles. The highest BCUT2D eigenvalue weighted by molar-refractivity contribution is 14.0. The maximum atomic E-state index is 12.9. The Balaban J connectivity index is 0.00000300. The second kappa shape index (κ2) is 10.4. The van der Waals surface area contributed by atoms with Gasteiger partial charge in [-0.3, -0.25) is 4.98 Å². The van der Waals surface area contributed by atoms with E-state index in [-0.39, 0.29) is 30.5 Å². The number of halogens is 4. The molecule has 0 fully saturated rings. The molecule has 2 N–H and O–H groups in total. The number of pyridine rings is 1. The van der Waals surface area contributed by atoms with Crippen LogP contribution in [0.4, 0.5) is 13.2 Å². The largest absolute Gasteiger partial charge is 0.416 e. The number of fused-ring (bicyclic) bond motifs is 1. The highest BCUT2D eigenvalue weighted by atomic mass is 127. The van der Waals surface area contributed by atoms with Crippen LogP contribution >= 0.6 is 24.0 Å². The predicted molar refractivity (Wildman–Crippen MR) is 120 cm³/mol. The van der Waals surface area contributed by atoms with Crippen molar-refractivity contribution in [2.24, 2.45) is 4.99 Å². The number of aromatic nitrogens is 1. The smallest absolute Gasteiger partial charge is 0.357 e. The van der Waals surface area contributed by atoms with Gasteiger partial charge in [-0.2, -0.15) is 13.2 Å². The van der Waals surface area contributed by atoms with Crippen LogP contribution in [0.15, 0.2) is 65.8 Å². The number of hydrogen-bond acceptors (Lipinski definition) is 2. The molecule has 0 saturated heterocycles. The molecule has 0 saturated carbocycles. The predicted octanol–water partition coefficient (Wildman–Crippen LogP) is 5.13. The summed E-state index contributed by atoms with van der Waals surface area (Å²) in [4.78, 5) is 8.83. The van der Waals surface area contributed by atoms with Gasteiger partial charge in [0.1, 0.15) is 0 Å². The van der Waals surface area contributed by atoms with Crippen molar-refractivity contribution in [3.8, 4) is 0 Å². The van der Waals surface area contributed by atoms with Crippen molar-refractivity contribution in [2.45, 2.75) is 26.2 Å². The van der Waals surface area contributed by atoms with Crippen LogP contribution in [-0.2, 0) is 19.3 Å². The van der Waals surface area contributed by atoms with E-state index in [1.807, 2.05) is 37.3 Å². The van der Waals surface area contributed by atoms with E-state index < -0.39 is 11.7 Å². The van der Waals surface area contributed by atoms with E-state index in [2.05, 4.69) is 20.6 Å². The lowest BCUT2D eigenvalue weighted by Gasteiger charge is -2.13. The third kappa shape index (κ3) is 6.31. The number of nitrogens with one attached hydrogen (secondary N) is 2. The van der Waals surface area contributed by atoms with Gasteiger partial charge in [-0.25, -0.2) is 4.99 Å². The first-order chi connectivity index (χ1) is 13.5. The summed E-state index contributed by atoms with van der Waals surface area (Å²) >= 11 is 0. The molecule has 154 valence electrons. The molecule has 0 aliphatic carbocycles. The van der Waals surface area contributed by atoms with Crippen molar-refractivity contribution in [1.29, 1.82) is 0 Å². The zero-order chi connectivity index (χ0) is 20.0. The number of nitrogens with zero attached hydrogens (tertiary/aromatic N) is 2. The number of hydrogen-bond donors (Lipinski definition) is 2. The average Bonchev–Trinajstić information content (AvgIpc) is 2.69. The van der Waals surface area contributed by atoms with E-state index >= 15 is 0 Å². The fourth-order valence-corrected chi connectivity index (χ4v) is 2.85. The quantitative estimate of drug-likeness (QED) is 0.282. The SMILES string of the molecule is CCNC(=NCc1cccc(C(F)(F)F)c1)NCc1nccc2ccccc12.I. The fourth-order valence-electron chi connectivity index (χ4n) is 2.85. The number of benzene rings is 2. The minimum absolute atomic E-state index is 0. The van der Waals surface area contributed by atoms with E-state index in [1.165, 1.54) is 6.07 Å². The summed E-state index contributed by atoms with van der Waals surface area (Å²) in [6, 6.07) is 15.1. The highest BCUT2D eigenvalue weighted by Gasteiger charge is 2.30. The Bertz CT molecular complexity index is 968. The average molecular weight is 514 g/mol. The Morgan fingerprint density at radius 2 is 1.83 bits per heavy atom. The fraction of sp³-hybridized carbons (Fsp3) is 0.238. The van der Waals surface area contributed by atoms with Crippen molar-refractivity contribution in [3.05, 3.63) is 77.6 Å². The van der Waals surface area contributed by atoms with Gasteiger partial charge < -0.3 is 10.6 Å². The summed E-state index contributed by atoms with van der Waals surface area (Å²) in [5.74, 6) is 0.523. The normalized spacial score (nSPS) is 11.8. The van der Waals surface area contributed by atoms with Gasteiger partial charge in [-0.15, -0.1) is 24.0 Å². The monoisotopic (exact) mass is 514 g/mol. The van der Waals surface area contributed by atoms with Crippen molar-refractivity contribution < 1.29 is 13.2 Å². The van der Waals surface area contributed by atoms with Crippen LogP contribution in [0.1, 0.15) is 23.7 Å². The van der Waals surface area contributed by atoms with Gasteiger partial charge in [0.25, 0.3) is 0 Å². The first kappa shape index (κ1) is 22.9. The molecule has 1 heterocycles. The standard InChI is InChI=1S/C21H21F3N4.HI/c1-2-25-20(27-13-15-6-5-8-17(12-15)21(22,23)24)28-14-19-18-9-4-3-7-16(18)10-11-26-19;/h3-12H,2,13-14H2,1H3,(H2,25,27,28);1H. The molecule has 8 heteroatoms. The van der Waals surface area contributed by atoms with Gasteiger partial charge in [0, 0.05) is 18.1 Å². The van der Waals surface area contributed by atoms with Crippen molar-refractivity contribution in [1.82, 2.24) is 15.6 Å². The summed E-state index contributed by atoms with van der Waals surface area (Å²) in [7, 11) is 0. The Labute approximate surface area is 184 Å².